The molecule has 0 aliphatic heterocycles. The Morgan fingerprint density at radius 1 is 1.10 bits per heavy atom. The van der Waals surface area contributed by atoms with Crippen molar-refractivity contribution in [1.29, 1.82) is 0 Å². The van der Waals surface area contributed by atoms with Crippen molar-refractivity contribution in [3.05, 3.63) is 0 Å². The third-order valence-electron chi connectivity index (χ3n) is 4.47. The van der Waals surface area contributed by atoms with E-state index in [0.717, 1.165) is 18.8 Å². The number of carbonyl (C=O) groups excluding carboxylic acids is 1. The van der Waals surface area contributed by atoms with Gasteiger partial charge >= 0.3 is 12.0 Å². The van der Waals surface area contributed by atoms with Crippen molar-refractivity contribution in [2.24, 2.45) is 17.8 Å². The Balaban J connectivity index is 1.73. The highest BCUT2D eigenvalue weighted by Crippen LogP contribution is 2.30. The second-order valence-corrected chi connectivity index (χ2v) is 6.53. The lowest BCUT2D eigenvalue weighted by atomic mass is 9.83. The summed E-state index contributed by atoms with van der Waals surface area (Å²) in [5.41, 5.74) is 0. The van der Waals surface area contributed by atoms with E-state index < -0.39 is 5.97 Å². The number of aliphatic carboxylic acids is 1. The van der Waals surface area contributed by atoms with Crippen molar-refractivity contribution in [3.63, 3.8) is 0 Å². The van der Waals surface area contributed by atoms with E-state index in [1.807, 2.05) is 0 Å². The zero-order valence-electron chi connectivity index (χ0n) is 12.3. The second-order valence-electron chi connectivity index (χ2n) is 6.53. The third-order valence-corrected chi connectivity index (χ3v) is 4.47. The molecule has 0 aromatic carbocycles. The third kappa shape index (κ3) is 5.02. The van der Waals surface area contributed by atoms with Crippen molar-refractivity contribution in [3.8, 4) is 0 Å². The fourth-order valence-corrected chi connectivity index (χ4v) is 2.87. The van der Waals surface area contributed by atoms with Crippen LogP contribution in [0.25, 0.3) is 0 Å². The molecular formula is C15H26N2O3. The van der Waals surface area contributed by atoms with Crippen LogP contribution >= 0.6 is 0 Å². The Morgan fingerprint density at radius 3 is 2.25 bits per heavy atom. The molecule has 2 saturated carbocycles. The largest absolute Gasteiger partial charge is 0.480 e. The topological polar surface area (TPSA) is 69.6 Å². The Kier molecular flexibility index (Phi) is 5.26. The molecule has 5 heteroatoms. The molecular weight excluding hydrogens is 256 g/mol. The summed E-state index contributed by atoms with van der Waals surface area (Å²) in [7, 11) is 0. The van der Waals surface area contributed by atoms with Gasteiger partial charge in [-0.05, 0) is 43.4 Å². The molecule has 2 rings (SSSR count). The minimum atomic E-state index is -0.938. The average Bonchev–Trinajstić information content (AvgIpc) is 3.20. The van der Waals surface area contributed by atoms with Gasteiger partial charge in [0.25, 0.3) is 0 Å². The van der Waals surface area contributed by atoms with Crippen molar-refractivity contribution in [1.82, 2.24) is 10.2 Å². The number of nitrogens with zero attached hydrogens (tertiary/aromatic N) is 1. The molecule has 2 amide bonds. The zero-order valence-corrected chi connectivity index (χ0v) is 12.3. The number of carbonyl (C=O) groups is 2. The molecule has 0 aromatic heterocycles. The normalized spacial score (nSPS) is 26.1. The van der Waals surface area contributed by atoms with Crippen molar-refractivity contribution in [2.75, 3.05) is 19.6 Å². The van der Waals surface area contributed by atoms with Gasteiger partial charge in [-0.25, -0.2) is 4.79 Å². The highest BCUT2D eigenvalue weighted by molar-refractivity contribution is 5.80. The second kappa shape index (κ2) is 6.95. The molecule has 0 bridgehead atoms. The number of carboxylic acid groups (broad SMARTS) is 1. The predicted octanol–water partition coefficient (Wildman–Crippen LogP) is 2.32. The Hall–Kier alpha value is -1.26. The maximum absolute atomic E-state index is 12.1. The predicted molar refractivity (Wildman–Crippen MR) is 76.5 cm³/mol. The molecule has 2 fully saturated rings. The van der Waals surface area contributed by atoms with E-state index in [9.17, 15) is 9.59 Å². The number of rotatable bonds is 6. The molecule has 0 heterocycles. The molecule has 20 heavy (non-hydrogen) atoms. The molecule has 0 atom stereocenters. The van der Waals surface area contributed by atoms with Crippen LogP contribution in [0.15, 0.2) is 0 Å². The molecule has 0 saturated heterocycles. The van der Waals surface area contributed by atoms with Gasteiger partial charge in [0.15, 0.2) is 0 Å². The van der Waals surface area contributed by atoms with Gasteiger partial charge in [-0.3, -0.25) is 4.79 Å². The maximum atomic E-state index is 12.1. The lowest BCUT2D eigenvalue weighted by Crippen LogP contribution is -2.45. The fourth-order valence-electron chi connectivity index (χ4n) is 2.87. The van der Waals surface area contributed by atoms with Crippen molar-refractivity contribution >= 4 is 12.0 Å². The number of carboxylic acids is 1. The summed E-state index contributed by atoms with van der Waals surface area (Å²) in [6.07, 6.45) is 7.04. The summed E-state index contributed by atoms with van der Waals surface area (Å²) >= 11 is 0. The van der Waals surface area contributed by atoms with Crippen LogP contribution in [0.3, 0.4) is 0 Å². The minimum Gasteiger partial charge on any atom is -0.480 e. The minimum absolute atomic E-state index is 0.190. The number of hydrogen-bond acceptors (Lipinski definition) is 2. The molecule has 2 aliphatic rings. The van der Waals surface area contributed by atoms with E-state index in [1.165, 1.54) is 30.6 Å². The monoisotopic (exact) mass is 282 g/mol. The average molecular weight is 282 g/mol. The molecule has 2 N–H and O–H groups in total. The summed E-state index contributed by atoms with van der Waals surface area (Å²) in [6, 6.07) is -0.210. The first-order valence-electron chi connectivity index (χ1n) is 7.79. The Morgan fingerprint density at radius 2 is 1.70 bits per heavy atom. The molecule has 0 spiro atoms. The van der Waals surface area contributed by atoms with E-state index in [4.69, 9.17) is 5.11 Å². The Labute approximate surface area is 120 Å². The van der Waals surface area contributed by atoms with Crippen LogP contribution in [0.1, 0.15) is 45.4 Å². The van der Waals surface area contributed by atoms with E-state index >= 15 is 0 Å². The molecule has 0 radical (unpaired) electrons. The SMILES string of the molecule is CC1CCC(CNC(=O)N(CC(=O)O)CC2CC2)CC1. The van der Waals surface area contributed by atoms with E-state index in [0.29, 0.717) is 24.9 Å². The van der Waals surface area contributed by atoms with Crippen LogP contribution in [0, 0.1) is 17.8 Å². The van der Waals surface area contributed by atoms with Gasteiger partial charge in [-0.15, -0.1) is 0 Å². The van der Waals surface area contributed by atoms with Gasteiger partial charge in [-0.2, -0.15) is 0 Å². The van der Waals surface area contributed by atoms with Crippen LogP contribution in [0.4, 0.5) is 4.79 Å². The van der Waals surface area contributed by atoms with Gasteiger partial charge in [0.05, 0.1) is 0 Å². The molecule has 114 valence electrons. The van der Waals surface area contributed by atoms with Gasteiger partial charge in [0, 0.05) is 13.1 Å². The zero-order chi connectivity index (χ0) is 14.5. The summed E-state index contributed by atoms with van der Waals surface area (Å²) < 4.78 is 0. The van der Waals surface area contributed by atoms with Crippen LogP contribution in [-0.2, 0) is 4.79 Å². The van der Waals surface area contributed by atoms with E-state index in [1.54, 1.807) is 0 Å². The number of hydrogen-bond donors (Lipinski definition) is 2. The van der Waals surface area contributed by atoms with Crippen LogP contribution in [0.5, 0.6) is 0 Å². The van der Waals surface area contributed by atoms with Crippen LogP contribution in [0.2, 0.25) is 0 Å². The smallest absolute Gasteiger partial charge is 0.323 e. The first kappa shape index (κ1) is 15.1. The molecule has 0 unspecified atom stereocenters. The first-order valence-corrected chi connectivity index (χ1v) is 7.79. The van der Waals surface area contributed by atoms with Gasteiger partial charge in [-0.1, -0.05) is 19.8 Å². The highest BCUT2D eigenvalue weighted by atomic mass is 16.4. The van der Waals surface area contributed by atoms with Crippen molar-refractivity contribution < 1.29 is 14.7 Å². The fraction of sp³-hybridized carbons (Fsp3) is 0.867. The van der Waals surface area contributed by atoms with Gasteiger partial charge in [0.2, 0.25) is 0 Å². The summed E-state index contributed by atoms with van der Waals surface area (Å²) in [5.74, 6) is 0.936. The maximum Gasteiger partial charge on any atom is 0.323 e. The quantitative estimate of drug-likeness (QED) is 0.785. The standard InChI is InChI=1S/C15H26N2O3/c1-11-2-4-12(5-3-11)8-16-15(20)17(10-14(18)19)9-13-6-7-13/h11-13H,2-10H2,1H3,(H,16,20)(H,18,19). The van der Waals surface area contributed by atoms with Crippen LogP contribution in [-0.4, -0.2) is 41.6 Å². The summed E-state index contributed by atoms with van der Waals surface area (Å²) in [6.45, 7) is 3.36. The summed E-state index contributed by atoms with van der Waals surface area (Å²) in [5, 5.41) is 11.8. The lowest BCUT2D eigenvalue weighted by molar-refractivity contribution is -0.137. The number of amides is 2. The lowest BCUT2D eigenvalue weighted by Gasteiger charge is -2.28. The highest BCUT2D eigenvalue weighted by Gasteiger charge is 2.28. The van der Waals surface area contributed by atoms with Crippen LogP contribution < -0.4 is 5.32 Å². The van der Waals surface area contributed by atoms with Gasteiger partial charge < -0.3 is 15.3 Å². The first-order chi connectivity index (χ1) is 9.54. The van der Waals surface area contributed by atoms with Crippen molar-refractivity contribution in [2.45, 2.75) is 45.4 Å². The molecule has 2 aliphatic carbocycles. The van der Waals surface area contributed by atoms with E-state index in [-0.39, 0.29) is 12.6 Å². The number of nitrogens with one attached hydrogen (secondary N) is 1. The summed E-state index contributed by atoms with van der Waals surface area (Å²) in [4.78, 5) is 24.4. The van der Waals surface area contributed by atoms with Gasteiger partial charge in [0.1, 0.15) is 6.54 Å². The Bertz CT molecular complexity index is 347. The molecule has 0 aromatic rings. The molecule has 5 nitrogen and oxygen atoms in total. The number of urea groups is 1. The van der Waals surface area contributed by atoms with E-state index in [2.05, 4.69) is 12.2 Å².